The predicted molar refractivity (Wildman–Crippen MR) is 75.2 cm³/mol. The minimum Gasteiger partial charge on any atom is -0.310 e. The standard InChI is InChI=1S/C15H20N4/c1-2-3-15-17-6-7-19(15)14-8-12(9-16-11-14)10-18-13-4-5-13/h6-9,11,13,18H,2-5,10H2,1H3. The van der Waals surface area contributed by atoms with E-state index in [2.05, 4.69) is 32.8 Å². The molecule has 0 radical (unpaired) electrons. The fourth-order valence-corrected chi connectivity index (χ4v) is 2.23. The highest BCUT2D eigenvalue weighted by molar-refractivity contribution is 5.33. The Labute approximate surface area is 113 Å². The Balaban J connectivity index is 1.78. The monoisotopic (exact) mass is 256 g/mol. The van der Waals surface area contributed by atoms with Gasteiger partial charge in [0.2, 0.25) is 0 Å². The van der Waals surface area contributed by atoms with Crippen LogP contribution in [0.4, 0.5) is 0 Å². The molecule has 1 saturated carbocycles. The molecule has 4 heteroatoms. The molecule has 0 spiro atoms. The summed E-state index contributed by atoms with van der Waals surface area (Å²) in [5.41, 5.74) is 2.34. The number of aryl methyl sites for hydroxylation is 1. The van der Waals surface area contributed by atoms with Crippen LogP contribution >= 0.6 is 0 Å². The van der Waals surface area contributed by atoms with Crippen LogP contribution in [0.25, 0.3) is 5.69 Å². The molecule has 1 fully saturated rings. The summed E-state index contributed by atoms with van der Waals surface area (Å²) < 4.78 is 2.14. The van der Waals surface area contributed by atoms with E-state index in [0.717, 1.165) is 36.9 Å². The molecule has 100 valence electrons. The van der Waals surface area contributed by atoms with E-state index in [9.17, 15) is 0 Å². The summed E-state index contributed by atoms with van der Waals surface area (Å²) in [6.07, 6.45) is 12.5. The van der Waals surface area contributed by atoms with Crippen LogP contribution < -0.4 is 5.32 Å². The second-order valence-electron chi connectivity index (χ2n) is 5.17. The topological polar surface area (TPSA) is 42.7 Å². The average Bonchev–Trinajstić information content (AvgIpc) is 3.15. The van der Waals surface area contributed by atoms with Crippen molar-refractivity contribution in [2.24, 2.45) is 0 Å². The van der Waals surface area contributed by atoms with Gasteiger partial charge in [-0.25, -0.2) is 4.98 Å². The fraction of sp³-hybridized carbons (Fsp3) is 0.467. The lowest BCUT2D eigenvalue weighted by Gasteiger charge is -2.09. The minimum absolute atomic E-state index is 0.729. The zero-order valence-electron chi connectivity index (χ0n) is 11.3. The number of hydrogen-bond donors (Lipinski definition) is 1. The first-order chi connectivity index (χ1) is 9.36. The molecule has 0 aliphatic heterocycles. The van der Waals surface area contributed by atoms with E-state index < -0.39 is 0 Å². The molecule has 0 unspecified atom stereocenters. The van der Waals surface area contributed by atoms with Crippen LogP contribution in [0.1, 0.15) is 37.6 Å². The van der Waals surface area contributed by atoms with Gasteiger partial charge in [-0.3, -0.25) is 4.98 Å². The van der Waals surface area contributed by atoms with Crippen molar-refractivity contribution in [3.8, 4) is 5.69 Å². The molecule has 2 aromatic rings. The third-order valence-electron chi connectivity index (χ3n) is 3.42. The van der Waals surface area contributed by atoms with Gasteiger partial charge in [-0.05, 0) is 30.9 Å². The Morgan fingerprint density at radius 1 is 1.37 bits per heavy atom. The van der Waals surface area contributed by atoms with Crippen LogP contribution in [0, 0.1) is 0 Å². The number of imidazole rings is 1. The number of hydrogen-bond acceptors (Lipinski definition) is 3. The molecule has 3 rings (SSSR count). The third-order valence-corrected chi connectivity index (χ3v) is 3.42. The van der Waals surface area contributed by atoms with Crippen LogP contribution in [-0.2, 0) is 13.0 Å². The van der Waals surface area contributed by atoms with Crippen molar-refractivity contribution in [3.05, 3.63) is 42.2 Å². The Morgan fingerprint density at radius 2 is 2.26 bits per heavy atom. The maximum absolute atomic E-state index is 4.42. The Kier molecular flexibility index (Phi) is 3.60. The lowest BCUT2D eigenvalue weighted by atomic mass is 10.2. The first-order valence-corrected chi connectivity index (χ1v) is 7.06. The Morgan fingerprint density at radius 3 is 3.05 bits per heavy atom. The van der Waals surface area contributed by atoms with Crippen molar-refractivity contribution in [1.29, 1.82) is 0 Å². The van der Waals surface area contributed by atoms with E-state index in [0.29, 0.717) is 0 Å². The molecule has 2 aromatic heterocycles. The molecule has 0 bridgehead atoms. The van der Waals surface area contributed by atoms with Gasteiger partial charge in [-0.1, -0.05) is 6.92 Å². The van der Waals surface area contributed by atoms with Gasteiger partial charge in [0.05, 0.1) is 11.9 Å². The lowest BCUT2D eigenvalue weighted by Crippen LogP contribution is -2.15. The summed E-state index contributed by atoms with van der Waals surface area (Å²) in [6.45, 7) is 3.08. The first kappa shape index (κ1) is 12.4. The molecule has 1 aliphatic carbocycles. The van der Waals surface area contributed by atoms with Gasteiger partial charge in [0.1, 0.15) is 5.82 Å². The zero-order chi connectivity index (χ0) is 13.1. The smallest absolute Gasteiger partial charge is 0.113 e. The van der Waals surface area contributed by atoms with E-state index >= 15 is 0 Å². The number of rotatable bonds is 6. The highest BCUT2D eigenvalue weighted by Gasteiger charge is 2.20. The highest BCUT2D eigenvalue weighted by atomic mass is 15.1. The third kappa shape index (κ3) is 3.01. The van der Waals surface area contributed by atoms with Crippen molar-refractivity contribution in [2.45, 2.75) is 45.2 Å². The number of aromatic nitrogens is 3. The summed E-state index contributed by atoms with van der Waals surface area (Å²) in [7, 11) is 0. The van der Waals surface area contributed by atoms with Gasteiger partial charge >= 0.3 is 0 Å². The van der Waals surface area contributed by atoms with E-state index in [1.807, 2.05) is 24.8 Å². The molecular formula is C15H20N4. The van der Waals surface area contributed by atoms with Gasteiger partial charge in [-0.2, -0.15) is 0 Å². The lowest BCUT2D eigenvalue weighted by molar-refractivity contribution is 0.685. The maximum Gasteiger partial charge on any atom is 0.113 e. The number of nitrogens with one attached hydrogen (secondary N) is 1. The molecule has 19 heavy (non-hydrogen) atoms. The fourth-order valence-electron chi connectivity index (χ4n) is 2.23. The highest BCUT2D eigenvalue weighted by Crippen LogP contribution is 2.19. The van der Waals surface area contributed by atoms with E-state index in [1.165, 1.54) is 18.4 Å². The van der Waals surface area contributed by atoms with Crippen LogP contribution in [0.15, 0.2) is 30.9 Å². The SMILES string of the molecule is CCCc1nccn1-c1cncc(CNC2CC2)c1. The van der Waals surface area contributed by atoms with E-state index in [4.69, 9.17) is 0 Å². The molecule has 4 nitrogen and oxygen atoms in total. The van der Waals surface area contributed by atoms with Crippen LogP contribution in [-0.4, -0.2) is 20.6 Å². The minimum atomic E-state index is 0.729. The maximum atomic E-state index is 4.42. The van der Waals surface area contributed by atoms with Gasteiger partial charge in [0.15, 0.2) is 0 Å². The van der Waals surface area contributed by atoms with Gasteiger partial charge < -0.3 is 9.88 Å². The van der Waals surface area contributed by atoms with Gasteiger partial charge in [-0.15, -0.1) is 0 Å². The summed E-state index contributed by atoms with van der Waals surface area (Å²) >= 11 is 0. The van der Waals surface area contributed by atoms with Crippen molar-refractivity contribution in [1.82, 2.24) is 19.9 Å². The summed E-state index contributed by atoms with van der Waals surface area (Å²) in [4.78, 5) is 8.77. The molecule has 0 saturated heterocycles. The van der Waals surface area contributed by atoms with E-state index in [-0.39, 0.29) is 0 Å². The Bertz CT molecular complexity index is 543. The normalized spacial score (nSPS) is 14.8. The predicted octanol–water partition coefficient (Wildman–Crippen LogP) is 2.47. The summed E-state index contributed by atoms with van der Waals surface area (Å²) in [5.74, 6) is 1.11. The zero-order valence-corrected chi connectivity index (χ0v) is 11.3. The van der Waals surface area contributed by atoms with Crippen molar-refractivity contribution < 1.29 is 0 Å². The molecule has 0 atom stereocenters. The molecular weight excluding hydrogens is 236 g/mol. The van der Waals surface area contributed by atoms with Crippen LogP contribution in [0.3, 0.4) is 0 Å². The van der Waals surface area contributed by atoms with Crippen molar-refractivity contribution >= 4 is 0 Å². The molecule has 1 aliphatic rings. The van der Waals surface area contributed by atoms with Crippen LogP contribution in [0.2, 0.25) is 0 Å². The molecule has 2 heterocycles. The first-order valence-electron chi connectivity index (χ1n) is 7.06. The van der Waals surface area contributed by atoms with Crippen molar-refractivity contribution in [3.63, 3.8) is 0 Å². The summed E-state index contributed by atoms with van der Waals surface area (Å²) in [6, 6.07) is 2.93. The largest absolute Gasteiger partial charge is 0.310 e. The second kappa shape index (κ2) is 5.53. The molecule has 1 N–H and O–H groups in total. The second-order valence-corrected chi connectivity index (χ2v) is 5.17. The average molecular weight is 256 g/mol. The van der Waals surface area contributed by atoms with Crippen LogP contribution in [0.5, 0.6) is 0 Å². The quantitative estimate of drug-likeness (QED) is 0.863. The molecule has 0 amide bonds. The Hall–Kier alpha value is -1.68. The number of pyridine rings is 1. The molecule has 0 aromatic carbocycles. The van der Waals surface area contributed by atoms with E-state index in [1.54, 1.807) is 0 Å². The van der Waals surface area contributed by atoms with Gasteiger partial charge in [0, 0.05) is 37.6 Å². The van der Waals surface area contributed by atoms with Gasteiger partial charge in [0.25, 0.3) is 0 Å². The number of nitrogens with zero attached hydrogens (tertiary/aromatic N) is 3. The van der Waals surface area contributed by atoms with Crippen molar-refractivity contribution in [2.75, 3.05) is 0 Å². The summed E-state index contributed by atoms with van der Waals surface area (Å²) in [5, 5.41) is 3.52.